The molecule has 18 heavy (non-hydrogen) atoms. The van der Waals surface area contributed by atoms with Crippen LogP contribution in [0.1, 0.15) is 21.5 Å². The lowest BCUT2D eigenvalue weighted by atomic mass is 10.1. The fraction of sp³-hybridized carbons (Fsp3) is 0.133. The first-order valence-electron chi connectivity index (χ1n) is 5.64. The van der Waals surface area contributed by atoms with Gasteiger partial charge in [0.2, 0.25) is 0 Å². The summed E-state index contributed by atoms with van der Waals surface area (Å²) in [4.78, 5) is 11.3. The normalized spacial score (nSPS) is 10.1. The molecule has 0 radical (unpaired) electrons. The number of carbonyl (C=O) groups is 1. The minimum absolute atomic E-state index is 0.333. The zero-order valence-electron chi connectivity index (χ0n) is 10.0. The molecule has 0 aliphatic rings. The van der Waals surface area contributed by atoms with E-state index in [9.17, 15) is 4.79 Å². The Kier molecular flexibility index (Phi) is 4.00. The van der Waals surface area contributed by atoms with Crippen LogP contribution in [-0.4, -0.2) is 5.24 Å². The first-order chi connectivity index (χ1) is 8.68. The van der Waals surface area contributed by atoms with Gasteiger partial charge in [0.1, 0.15) is 12.4 Å². The van der Waals surface area contributed by atoms with Gasteiger partial charge in [-0.3, -0.25) is 4.79 Å². The maximum absolute atomic E-state index is 11.3. The molecule has 0 heterocycles. The third-order valence-electron chi connectivity index (χ3n) is 2.71. The molecule has 0 saturated carbocycles. The average molecular weight is 261 g/mol. The number of aryl methyl sites for hydroxylation is 1. The van der Waals surface area contributed by atoms with Gasteiger partial charge in [0.15, 0.2) is 0 Å². The predicted octanol–water partition coefficient (Wildman–Crippen LogP) is 3.95. The minimum atomic E-state index is -0.459. The molecule has 0 spiro atoms. The van der Waals surface area contributed by atoms with Crippen molar-refractivity contribution in [1.82, 2.24) is 0 Å². The predicted molar refractivity (Wildman–Crippen MR) is 72.1 cm³/mol. The van der Waals surface area contributed by atoms with E-state index in [2.05, 4.69) is 0 Å². The molecule has 0 bridgehead atoms. The van der Waals surface area contributed by atoms with Gasteiger partial charge in [-0.05, 0) is 36.2 Å². The molecular weight excluding hydrogens is 248 g/mol. The zero-order chi connectivity index (χ0) is 13.0. The van der Waals surface area contributed by atoms with Crippen molar-refractivity contribution in [3.8, 4) is 5.75 Å². The number of hydrogen-bond acceptors (Lipinski definition) is 2. The number of para-hydroxylation sites is 1. The van der Waals surface area contributed by atoms with E-state index >= 15 is 0 Å². The van der Waals surface area contributed by atoms with Crippen LogP contribution in [0.2, 0.25) is 0 Å². The van der Waals surface area contributed by atoms with Gasteiger partial charge in [-0.25, -0.2) is 0 Å². The topological polar surface area (TPSA) is 26.3 Å². The van der Waals surface area contributed by atoms with Crippen molar-refractivity contribution >= 4 is 16.8 Å². The number of benzene rings is 2. The molecule has 0 N–H and O–H groups in total. The van der Waals surface area contributed by atoms with Crippen LogP contribution in [0, 0.1) is 6.92 Å². The molecule has 0 amide bonds. The fourth-order valence-electron chi connectivity index (χ4n) is 1.71. The molecule has 0 aliphatic heterocycles. The van der Waals surface area contributed by atoms with E-state index < -0.39 is 5.24 Å². The molecule has 2 aromatic carbocycles. The number of halogens is 1. The van der Waals surface area contributed by atoms with Crippen LogP contribution < -0.4 is 4.74 Å². The first-order valence-corrected chi connectivity index (χ1v) is 6.02. The molecule has 3 heteroatoms. The summed E-state index contributed by atoms with van der Waals surface area (Å²) in [7, 11) is 0. The summed E-state index contributed by atoms with van der Waals surface area (Å²) in [5, 5.41) is -0.459. The van der Waals surface area contributed by atoms with E-state index in [0.29, 0.717) is 12.2 Å². The van der Waals surface area contributed by atoms with Crippen LogP contribution in [0.15, 0.2) is 48.5 Å². The molecule has 0 atom stereocenters. The maximum atomic E-state index is 11.3. The van der Waals surface area contributed by atoms with Crippen molar-refractivity contribution in [3.05, 3.63) is 65.2 Å². The molecule has 0 aromatic heterocycles. The second-order valence-electron chi connectivity index (χ2n) is 3.99. The minimum Gasteiger partial charge on any atom is -0.489 e. The lowest BCUT2D eigenvalue weighted by molar-refractivity contribution is 0.107. The maximum Gasteiger partial charge on any atom is 0.252 e. The second kappa shape index (κ2) is 5.69. The highest BCUT2D eigenvalue weighted by Gasteiger charge is 2.08. The van der Waals surface area contributed by atoms with E-state index in [1.54, 1.807) is 12.1 Å². The van der Waals surface area contributed by atoms with Crippen LogP contribution in [0.5, 0.6) is 5.75 Å². The van der Waals surface area contributed by atoms with Crippen LogP contribution in [-0.2, 0) is 6.61 Å². The molecule has 2 rings (SSSR count). The van der Waals surface area contributed by atoms with E-state index in [-0.39, 0.29) is 0 Å². The highest BCUT2D eigenvalue weighted by molar-refractivity contribution is 6.67. The van der Waals surface area contributed by atoms with Gasteiger partial charge in [0.05, 0.1) is 0 Å². The molecule has 2 nitrogen and oxygen atoms in total. The van der Waals surface area contributed by atoms with Crippen molar-refractivity contribution < 1.29 is 9.53 Å². The van der Waals surface area contributed by atoms with Gasteiger partial charge in [-0.1, -0.05) is 36.4 Å². The lowest BCUT2D eigenvalue weighted by Gasteiger charge is -2.10. The third-order valence-corrected chi connectivity index (χ3v) is 2.91. The van der Waals surface area contributed by atoms with Crippen LogP contribution in [0.25, 0.3) is 0 Å². The smallest absolute Gasteiger partial charge is 0.252 e. The van der Waals surface area contributed by atoms with Crippen LogP contribution in [0.4, 0.5) is 0 Å². The van der Waals surface area contributed by atoms with Crippen molar-refractivity contribution in [2.24, 2.45) is 0 Å². The molecule has 0 saturated heterocycles. The summed E-state index contributed by atoms with van der Waals surface area (Å²) in [6.07, 6.45) is 0. The summed E-state index contributed by atoms with van der Waals surface area (Å²) >= 11 is 5.53. The number of hydrogen-bond donors (Lipinski definition) is 0. The SMILES string of the molecule is Cc1ccccc1OCc1ccccc1C(=O)Cl. The van der Waals surface area contributed by atoms with Gasteiger partial charge >= 0.3 is 0 Å². The highest BCUT2D eigenvalue weighted by atomic mass is 35.5. The Morgan fingerprint density at radius 3 is 2.50 bits per heavy atom. The molecule has 0 fully saturated rings. The highest BCUT2D eigenvalue weighted by Crippen LogP contribution is 2.19. The Bertz CT molecular complexity index is 564. The standard InChI is InChI=1S/C15H13ClO2/c1-11-6-2-5-9-14(11)18-10-12-7-3-4-8-13(12)15(16)17/h2-9H,10H2,1H3. The summed E-state index contributed by atoms with van der Waals surface area (Å²) < 4.78 is 5.70. The fourth-order valence-corrected chi connectivity index (χ4v) is 1.90. The van der Waals surface area contributed by atoms with Gasteiger partial charge < -0.3 is 4.74 Å². The molecule has 0 unspecified atom stereocenters. The van der Waals surface area contributed by atoms with E-state index in [1.165, 1.54) is 0 Å². The van der Waals surface area contributed by atoms with Gasteiger partial charge in [0.25, 0.3) is 5.24 Å². The van der Waals surface area contributed by atoms with Gasteiger partial charge in [-0.2, -0.15) is 0 Å². The van der Waals surface area contributed by atoms with Gasteiger partial charge in [0, 0.05) is 11.1 Å². The lowest BCUT2D eigenvalue weighted by Crippen LogP contribution is -2.02. The Labute approximate surface area is 111 Å². The van der Waals surface area contributed by atoms with E-state index in [4.69, 9.17) is 16.3 Å². The molecule has 92 valence electrons. The van der Waals surface area contributed by atoms with Crippen molar-refractivity contribution in [3.63, 3.8) is 0 Å². The summed E-state index contributed by atoms with van der Waals surface area (Å²) in [5.41, 5.74) is 2.35. The van der Waals surface area contributed by atoms with Crippen LogP contribution in [0.3, 0.4) is 0 Å². The summed E-state index contributed by atoms with van der Waals surface area (Å²) in [5.74, 6) is 0.814. The largest absolute Gasteiger partial charge is 0.489 e. The van der Waals surface area contributed by atoms with E-state index in [1.807, 2.05) is 43.3 Å². The van der Waals surface area contributed by atoms with Crippen molar-refractivity contribution in [2.45, 2.75) is 13.5 Å². The Morgan fingerprint density at radius 1 is 1.11 bits per heavy atom. The van der Waals surface area contributed by atoms with Gasteiger partial charge in [-0.15, -0.1) is 0 Å². The van der Waals surface area contributed by atoms with Crippen molar-refractivity contribution in [1.29, 1.82) is 0 Å². The first kappa shape index (κ1) is 12.7. The Balaban J connectivity index is 2.16. The second-order valence-corrected chi connectivity index (χ2v) is 4.33. The monoisotopic (exact) mass is 260 g/mol. The Morgan fingerprint density at radius 2 is 1.78 bits per heavy atom. The number of rotatable bonds is 4. The van der Waals surface area contributed by atoms with Crippen molar-refractivity contribution in [2.75, 3.05) is 0 Å². The summed E-state index contributed by atoms with van der Waals surface area (Å²) in [6.45, 7) is 2.31. The molecule has 2 aromatic rings. The molecule has 0 aliphatic carbocycles. The Hall–Kier alpha value is -1.80. The quantitative estimate of drug-likeness (QED) is 0.778. The average Bonchev–Trinajstić information content (AvgIpc) is 2.38. The summed E-state index contributed by atoms with van der Waals surface area (Å²) in [6, 6.07) is 14.9. The molecular formula is C15H13ClO2. The third kappa shape index (κ3) is 2.90. The van der Waals surface area contributed by atoms with Crippen LogP contribution >= 0.6 is 11.6 Å². The zero-order valence-corrected chi connectivity index (χ0v) is 10.8. The van der Waals surface area contributed by atoms with E-state index in [0.717, 1.165) is 16.9 Å². The number of carbonyl (C=O) groups excluding carboxylic acids is 1. The number of ether oxygens (including phenoxy) is 1.